The zero-order valence-electron chi connectivity index (χ0n) is 7.70. The van der Waals surface area contributed by atoms with Crippen LogP contribution in [-0.2, 0) is 0 Å². The van der Waals surface area contributed by atoms with E-state index in [2.05, 4.69) is 5.32 Å². The van der Waals surface area contributed by atoms with E-state index >= 15 is 0 Å². The number of carboxylic acid groups (broad SMARTS) is 1. The summed E-state index contributed by atoms with van der Waals surface area (Å²) in [7, 11) is 0. The first kappa shape index (κ1) is 9.58. The summed E-state index contributed by atoms with van der Waals surface area (Å²) in [5, 5.41) is 12.6. The first-order chi connectivity index (χ1) is 6.11. The van der Waals surface area contributed by atoms with Crippen molar-refractivity contribution in [1.82, 2.24) is 0 Å². The molecular formula is C10H12NO2-. The third-order valence-corrected chi connectivity index (χ3v) is 1.82. The molecule has 0 heterocycles. The van der Waals surface area contributed by atoms with Gasteiger partial charge in [0.15, 0.2) is 0 Å². The van der Waals surface area contributed by atoms with Gasteiger partial charge in [-0.3, -0.25) is 0 Å². The van der Waals surface area contributed by atoms with Crippen LogP contribution in [0.3, 0.4) is 0 Å². The van der Waals surface area contributed by atoms with Gasteiger partial charge in [-0.25, -0.2) is 0 Å². The number of amides is 1. The summed E-state index contributed by atoms with van der Waals surface area (Å²) >= 11 is 0. The number of carbonyl (C=O) groups is 1. The van der Waals surface area contributed by atoms with Crippen LogP contribution in [0.4, 0.5) is 10.5 Å². The summed E-state index contributed by atoms with van der Waals surface area (Å²) in [4.78, 5) is 10.3. The van der Waals surface area contributed by atoms with E-state index in [9.17, 15) is 9.90 Å². The van der Waals surface area contributed by atoms with Crippen molar-refractivity contribution in [3.05, 3.63) is 29.8 Å². The van der Waals surface area contributed by atoms with Crippen LogP contribution in [0.1, 0.15) is 25.3 Å². The molecule has 0 atom stereocenters. The number of hydrogen-bond donors (Lipinski definition) is 1. The second-order valence-electron chi connectivity index (χ2n) is 3.15. The van der Waals surface area contributed by atoms with Gasteiger partial charge in [0.2, 0.25) is 0 Å². The number of hydrogen-bond acceptors (Lipinski definition) is 2. The Bertz CT molecular complexity index is 308. The Morgan fingerprint density at radius 3 is 2.54 bits per heavy atom. The highest BCUT2D eigenvalue weighted by Crippen LogP contribution is 2.23. The van der Waals surface area contributed by atoms with E-state index in [-0.39, 0.29) is 0 Å². The fraction of sp³-hybridized carbons (Fsp3) is 0.300. The SMILES string of the molecule is CC(C)c1ccccc1NC(=O)[O-]. The van der Waals surface area contributed by atoms with Crippen molar-refractivity contribution in [2.45, 2.75) is 19.8 Å². The molecule has 0 spiro atoms. The molecule has 0 aromatic heterocycles. The molecule has 13 heavy (non-hydrogen) atoms. The Morgan fingerprint density at radius 2 is 2.00 bits per heavy atom. The zero-order chi connectivity index (χ0) is 9.84. The van der Waals surface area contributed by atoms with Gasteiger partial charge in [-0.2, -0.15) is 0 Å². The molecule has 3 heteroatoms. The molecule has 70 valence electrons. The van der Waals surface area contributed by atoms with Gasteiger partial charge < -0.3 is 15.2 Å². The van der Waals surface area contributed by atoms with Gasteiger partial charge in [0, 0.05) is 5.69 Å². The van der Waals surface area contributed by atoms with Crippen LogP contribution in [0, 0.1) is 0 Å². The van der Waals surface area contributed by atoms with Crippen molar-refractivity contribution in [3.63, 3.8) is 0 Å². The van der Waals surface area contributed by atoms with E-state index in [0.717, 1.165) is 5.56 Å². The van der Waals surface area contributed by atoms with Crippen molar-refractivity contribution in [1.29, 1.82) is 0 Å². The van der Waals surface area contributed by atoms with Crippen molar-refractivity contribution in [2.75, 3.05) is 5.32 Å². The summed E-state index contributed by atoms with van der Waals surface area (Å²) in [6.07, 6.45) is -1.27. The molecule has 0 aliphatic heterocycles. The Kier molecular flexibility index (Phi) is 2.90. The lowest BCUT2D eigenvalue weighted by atomic mass is 10.0. The molecule has 0 fully saturated rings. The van der Waals surface area contributed by atoms with Crippen molar-refractivity contribution in [2.24, 2.45) is 0 Å². The lowest BCUT2D eigenvalue weighted by Gasteiger charge is -2.14. The van der Waals surface area contributed by atoms with E-state index in [1.54, 1.807) is 12.1 Å². The van der Waals surface area contributed by atoms with E-state index in [1.807, 2.05) is 26.0 Å². The Labute approximate surface area is 77.4 Å². The fourth-order valence-electron chi connectivity index (χ4n) is 1.22. The molecule has 1 rings (SSSR count). The highest BCUT2D eigenvalue weighted by atomic mass is 16.4. The first-order valence-corrected chi connectivity index (χ1v) is 4.18. The fourth-order valence-corrected chi connectivity index (χ4v) is 1.22. The first-order valence-electron chi connectivity index (χ1n) is 4.18. The van der Waals surface area contributed by atoms with Gasteiger partial charge in [-0.1, -0.05) is 32.0 Å². The highest BCUT2D eigenvalue weighted by molar-refractivity contribution is 5.82. The minimum Gasteiger partial charge on any atom is -0.530 e. The summed E-state index contributed by atoms with van der Waals surface area (Å²) in [5.74, 6) is 0.294. The quantitative estimate of drug-likeness (QED) is 0.747. The van der Waals surface area contributed by atoms with E-state index < -0.39 is 6.09 Å². The molecule has 0 saturated carbocycles. The molecule has 1 aromatic rings. The molecule has 1 amide bonds. The Balaban J connectivity index is 2.97. The summed E-state index contributed by atoms with van der Waals surface area (Å²) in [5.41, 5.74) is 1.59. The topological polar surface area (TPSA) is 52.2 Å². The third-order valence-electron chi connectivity index (χ3n) is 1.82. The second-order valence-corrected chi connectivity index (χ2v) is 3.15. The van der Waals surface area contributed by atoms with Gasteiger partial charge in [0.05, 0.1) is 0 Å². The molecule has 0 unspecified atom stereocenters. The molecule has 0 radical (unpaired) electrons. The molecule has 0 aliphatic carbocycles. The van der Waals surface area contributed by atoms with E-state index in [4.69, 9.17) is 0 Å². The number of rotatable bonds is 2. The van der Waals surface area contributed by atoms with Crippen LogP contribution in [-0.4, -0.2) is 6.09 Å². The maximum atomic E-state index is 10.3. The van der Waals surface area contributed by atoms with Gasteiger partial charge in [0.1, 0.15) is 6.09 Å². The average Bonchev–Trinajstić information content (AvgIpc) is 2.03. The molecule has 1 N–H and O–H groups in total. The Hall–Kier alpha value is -1.51. The number of benzene rings is 1. The maximum Gasteiger partial charge on any atom is 0.138 e. The van der Waals surface area contributed by atoms with Crippen molar-refractivity contribution in [3.8, 4) is 0 Å². The molecule has 3 nitrogen and oxygen atoms in total. The average molecular weight is 178 g/mol. The van der Waals surface area contributed by atoms with Crippen LogP contribution in [0.15, 0.2) is 24.3 Å². The standard InChI is InChI=1S/C10H13NO2/c1-7(2)8-5-3-4-6-9(8)11-10(12)13/h3-7,11H,1-2H3,(H,12,13)/p-1. The minimum absolute atomic E-state index is 0.294. The predicted molar refractivity (Wildman–Crippen MR) is 49.5 cm³/mol. The lowest BCUT2D eigenvalue weighted by molar-refractivity contribution is -0.242. The molecule has 0 saturated heterocycles. The smallest absolute Gasteiger partial charge is 0.138 e. The van der Waals surface area contributed by atoms with Crippen molar-refractivity contribution < 1.29 is 9.90 Å². The highest BCUT2D eigenvalue weighted by Gasteiger charge is 2.04. The van der Waals surface area contributed by atoms with Gasteiger partial charge in [-0.15, -0.1) is 0 Å². The van der Waals surface area contributed by atoms with Crippen LogP contribution >= 0.6 is 0 Å². The lowest BCUT2D eigenvalue weighted by Crippen LogP contribution is -2.29. The molecular weight excluding hydrogens is 166 g/mol. The minimum atomic E-state index is -1.27. The normalized spacial score (nSPS) is 10.1. The molecule has 1 aromatic carbocycles. The van der Waals surface area contributed by atoms with Crippen molar-refractivity contribution >= 4 is 11.8 Å². The van der Waals surface area contributed by atoms with Gasteiger partial charge >= 0.3 is 0 Å². The maximum absolute atomic E-state index is 10.3. The number of anilines is 1. The largest absolute Gasteiger partial charge is 0.530 e. The summed E-state index contributed by atoms with van der Waals surface area (Å²) in [6, 6.07) is 7.30. The molecule has 0 bridgehead atoms. The third kappa shape index (κ3) is 2.47. The molecule has 0 aliphatic rings. The number of carbonyl (C=O) groups excluding carboxylic acids is 1. The van der Waals surface area contributed by atoms with Crippen LogP contribution in [0.2, 0.25) is 0 Å². The monoisotopic (exact) mass is 178 g/mol. The summed E-state index contributed by atoms with van der Waals surface area (Å²) in [6.45, 7) is 4.02. The van der Waals surface area contributed by atoms with E-state index in [0.29, 0.717) is 11.6 Å². The number of nitrogens with one attached hydrogen (secondary N) is 1. The van der Waals surface area contributed by atoms with E-state index in [1.165, 1.54) is 0 Å². The zero-order valence-corrected chi connectivity index (χ0v) is 7.70. The predicted octanol–water partition coefficient (Wildman–Crippen LogP) is 1.57. The van der Waals surface area contributed by atoms with Crippen LogP contribution in [0.5, 0.6) is 0 Å². The Morgan fingerprint density at radius 1 is 1.38 bits per heavy atom. The van der Waals surface area contributed by atoms with Crippen LogP contribution in [0.25, 0.3) is 0 Å². The second kappa shape index (κ2) is 3.94. The summed E-state index contributed by atoms with van der Waals surface area (Å²) < 4.78 is 0. The van der Waals surface area contributed by atoms with Gasteiger partial charge in [-0.05, 0) is 17.5 Å². The van der Waals surface area contributed by atoms with Crippen LogP contribution < -0.4 is 10.4 Å². The number of para-hydroxylation sites is 1. The van der Waals surface area contributed by atoms with Gasteiger partial charge in [0.25, 0.3) is 0 Å².